The molecule has 17 heavy (non-hydrogen) atoms. The summed E-state index contributed by atoms with van der Waals surface area (Å²) in [5, 5.41) is 5.23. The average Bonchev–Trinajstić information content (AvgIpc) is 2.84. The third-order valence-electron chi connectivity index (χ3n) is 3.17. The largest absolute Gasteiger partial charge is 0.353 e. The fourth-order valence-electron chi connectivity index (χ4n) is 2.18. The minimum absolute atomic E-state index is 0.0280. The molecule has 0 spiro atoms. The van der Waals surface area contributed by atoms with Gasteiger partial charge in [0.2, 0.25) is 11.8 Å². The van der Waals surface area contributed by atoms with Gasteiger partial charge in [-0.25, -0.2) is 0 Å². The minimum atomic E-state index is -0.176. The summed E-state index contributed by atoms with van der Waals surface area (Å²) in [6, 6.07) is 0. The lowest BCUT2D eigenvalue weighted by molar-refractivity contribution is -0.126. The second-order valence-electron chi connectivity index (χ2n) is 4.60. The molecule has 1 fully saturated rings. The molecule has 98 valence electrons. The van der Waals surface area contributed by atoms with Crippen LogP contribution in [0.3, 0.4) is 0 Å². The Morgan fingerprint density at radius 3 is 2.47 bits per heavy atom. The second kappa shape index (κ2) is 8.06. The first kappa shape index (κ1) is 14.0. The Kier molecular flexibility index (Phi) is 6.62. The molecule has 0 heterocycles. The van der Waals surface area contributed by atoms with Crippen LogP contribution in [0.15, 0.2) is 0 Å². The summed E-state index contributed by atoms with van der Waals surface area (Å²) < 4.78 is 0. The van der Waals surface area contributed by atoms with Crippen molar-refractivity contribution in [2.45, 2.75) is 38.5 Å². The van der Waals surface area contributed by atoms with Crippen LogP contribution in [0.4, 0.5) is 0 Å². The maximum atomic E-state index is 11.5. The van der Waals surface area contributed by atoms with Crippen molar-refractivity contribution in [3.8, 4) is 0 Å². The summed E-state index contributed by atoms with van der Waals surface area (Å²) >= 11 is 0. The highest BCUT2D eigenvalue weighted by atomic mass is 16.2. The molecule has 0 radical (unpaired) electrons. The Morgan fingerprint density at radius 1 is 1.12 bits per heavy atom. The van der Waals surface area contributed by atoms with Crippen molar-refractivity contribution >= 4 is 11.8 Å². The molecule has 0 aromatic heterocycles. The third kappa shape index (κ3) is 6.26. The van der Waals surface area contributed by atoms with Gasteiger partial charge < -0.3 is 16.4 Å². The van der Waals surface area contributed by atoms with Gasteiger partial charge in [0.15, 0.2) is 0 Å². The SMILES string of the molecule is NCCNC(=O)CNC(=O)CCC1CCCC1. The van der Waals surface area contributed by atoms with Crippen molar-refractivity contribution in [2.75, 3.05) is 19.6 Å². The molecule has 0 atom stereocenters. The van der Waals surface area contributed by atoms with E-state index in [2.05, 4.69) is 10.6 Å². The lowest BCUT2D eigenvalue weighted by Gasteiger charge is -2.09. The van der Waals surface area contributed by atoms with Crippen molar-refractivity contribution in [1.29, 1.82) is 0 Å². The predicted molar refractivity (Wildman–Crippen MR) is 66.3 cm³/mol. The summed E-state index contributed by atoms with van der Waals surface area (Å²) in [6.45, 7) is 0.932. The van der Waals surface area contributed by atoms with Crippen molar-refractivity contribution in [2.24, 2.45) is 11.7 Å². The minimum Gasteiger partial charge on any atom is -0.353 e. The first-order valence-corrected chi connectivity index (χ1v) is 6.46. The van der Waals surface area contributed by atoms with E-state index in [9.17, 15) is 9.59 Å². The van der Waals surface area contributed by atoms with Gasteiger partial charge >= 0.3 is 0 Å². The monoisotopic (exact) mass is 241 g/mol. The Hall–Kier alpha value is -1.10. The van der Waals surface area contributed by atoms with Gasteiger partial charge in [0, 0.05) is 19.5 Å². The van der Waals surface area contributed by atoms with Crippen molar-refractivity contribution in [3.63, 3.8) is 0 Å². The standard InChI is InChI=1S/C12H23N3O2/c13-7-8-14-12(17)9-15-11(16)6-5-10-3-1-2-4-10/h10H,1-9,13H2,(H,14,17)(H,15,16). The van der Waals surface area contributed by atoms with Gasteiger partial charge in [-0.15, -0.1) is 0 Å². The van der Waals surface area contributed by atoms with E-state index >= 15 is 0 Å². The second-order valence-corrected chi connectivity index (χ2v) is 4.60. The molecule has 1 aliphatic carbocycles. The van der Waals surface area contributed by atoms with Gasteiger partial charge in [-0.3, -0.25) is 9.59 Å². The summed E-state index contributed by atoms with van der Waals surface area (Å²) in [5.41, 5.74) is 5.25. The maximum Gasteiger partial charge on any atom is 0.239 e. The predicted octanol–water partition coefficient (Wildman–Crippen LogP) is 0.148. The van der Waals surface area contributed by atoms with Crippen LogP contribution in [0.5, 0.6) is 0 Å². The first-order chi connectivity index (χ1) is 8.22. The molecule has 5 heteroatoms. The Labute approximate surface area is 103 Å². The number of nitrogens with one attached hydrogen (secondary N) is 2. The quantitative estimate of drug-likeness (QED) is 0.593. The van der Waals surface area contributed by atoms with E-state index in [0.717, 1.165) is 6.42 Å². The summed E-state index contributed by atoms with van der Waals surface area (Å²) in [6.07, 6.45) is 6.60. The van der Waals surface area contributed by atoms with Gasteiger partial charge in [-0.1, -0.05) is 25.7 Å². The van der Waals surface area contributed by atoms with Crippen molar-refractivity contribution in [1.82, 2.24) is 10.6 Å². The Bertz CT molecular complexity index is 250. The molecule has 0 bridgehead atoms. The fourth-order valence-corrected chi connectivity index (χ4v) is 2.18. The zero-order valence-electron chi connectivity index (χ0n) is 10.3. The Balaban J connectivity index is 2.02. The number of hydrogen-bond acceptors (Lipinski definition) is 3. The van der Waals surface area contributed by atoms with E-state index in [1.165, 1.54) is 25.7 Å². The van der Waals surface area contributed by atoms with E-state index in [1.54, 1.807) is 0 Å². The van der Waals surface area contributed by atoms with Crippen LogP contribution in [0, 0.1) is 5.92 Å². The molecule has 0 saturated heterocycles. The maximum absolute atomic E-state index is 11.5. The molecule has 1 saturated carbocycles. The van der Waals surface area contributed by atoms with E-state index in [0.29, 0.717) is 25.4 Å². The first-order valence-electron chi connectivity index (χ1n) is 6.46. The van der Waals surface area contributed by atoms with Gasteiger partial charge in [-0.05, 0) is 12.3 Å². The molecule has 0 unspecified atom stereocenters. The molecule has 5 nitrogen and oxygen atoms in total. The highest BCUT2D eigenvalue weighted by molar-refractivity contribution is 5.84. The van der Waals surface area contributed by atoms with E-state index in [-0.39, 0.29) is 18.4 Å². The van der Waals surface area contributed by atoms with Crippen LogP contribution >= 0.6 is 0 Å². The van der Waals surface area contributed by atoms with Crippen molar-refractivity contribution in [3.05, 3.63) is 0 Å². The zero-order chi connectivity index (χ0) is 12.5. The van der Waals surface area contributed by atoms with Crippen LogP contribution in [-0.4, -0.2) is 31.4 Å². The molecular formula is C12H23N3O2. The smallest absolute Gasteiger partial charge is 0.239 e. The van der Waals surface area contributed by atoms with Crippen LogP contribution in [0.2, 0.25) is 0 Å². The van der Waals surface area contributed by atoms with Gasteiger partial charge in [0.1, 0.15) is 0 Å². The molecular weight excluding hydrogens is 218 g/mol. The molecule has 4 N–H and O–H groups in total. The molecule has 0 aliphatic heterocycles. The molecule has 0 aromatic rings. The van der Waals surface area contributed by atoms with E-state index < -0.39 is 0 Å². The lowest BCUT2D eigenvalue weighted by Crippen LogP contribution is -2.38. The normalized spacial score (nSPS) is 15.8. The van der Waals surface area contributed by atoms with Gasteiger partial charge in [0.05, 0.1) is 6.54 Å². The lowest BCUT2D eigenvalue weighted by atomic mass is 10.0. The van der Waals surface area contributed by atoms with Gasteiger partial charge in [0.25, 0.3) is 0 Å². The molecule has 2 amide bonds. The summed E-state index contributed by atoms with van der Waals surface area (Å²) in [7, 11) is 0. The highest BCUT2D eigenvalue weighted by Crippen LogP contribution is 2.28. The number of amides is 2. The van der Waals surface area contributed by atoms with Crippen LogP contribution in [0.1, 0.15) is 38.5 Å². The van der Waals surface area contributed by atoms with E-state index in [1.807, 2.05) is 0 Å². The van der Waals surface area contributed by atoms with Crippen molar-refractivity contribution < 1.29 is 9.59 Å². The summed E-state index contributed by atoms with van der Waals surface area (Å²) in [5.74, 6) is 0.510. The topological polar surface area (TPSA) is 84.2 Å². The number of nitrogens with two attached hydrogens (primary N) is 1. The number of rotatable bonds is 7. The van der Waals surface area contributed by atoms with Crippen LogP contribution in [0.25, 0.3) is 0 Å². The average molecular weight is 241 g/mol. The number of carbonyl (C=O) groups excluding carboxylic acids is 2. The van der Waals surface area contributed by atoms with Crippen LogP contribution in [-0.2, 0) is 9.59 Å². The number of hydrogen-bond donors (Lipinski definition) is 3. The fraction of sp³-hybridized carbons (Fsp3) is 0.833. The van der Waals surface area contributed by atoms with Crippen LogP contribution < -0.4 is 16.4 Å². The highest BCUT2D eigenvalue weighted by Gasteiger charge is 2.16. The Morgan fingerprint density at radius 2 is 1.82 bits per heavy atom. The third-order valence-corrected chi connectivity index (χ3v) is 3.17. The van der Waals surface area contributed by atoms with Gasteiger partial charge in [-0.2, -0.15) is 0 Å². The molecule has 0 aromatic carbocycles. The van der Waals surface area contributed by atoms with E-state index in [4.69, 9.17) is 5.73 Å². The summed E-state index contributed by atoms with van der Waals surface area (Å²) in [4.78, 5) is 22.6. The number of carbonyl (C=O) groups is 2. The molecule has 1 aliphatic rings. The molecule has 1 rings (SSSR count). The zero-order valence-corrected chi connectivity index (χ0v) is 10.3.